The monoisotopic (exact) mass is 236 g/mol. The zero-order valence-electron chi connectivity index (χ0n) is 10.1. The second-order valence-corrected chi connectivity index (χ2v) is 4.96. The van der Waals surface area contributed by atoms with Gasteiger partial charge in [-0.25, -0.2) is 4.98 Å². The maximum absolute atomic E-state index is 5.27. The first kappa shape index (κ1) is 13.2. The van der Waals surface area contributed by atoms with Gasteiger partial charge in [-0.3, -0.25) is 0 Å². The Labute approximate surface area is 102 Å². The van der Waals surface area contributed by atoms with Crippen molar-refractivity contribution >= 4 is 11.3 Å². The molecule has 1 rings (SSSR count). The normalized spacial score (nSPS) is 12.3. The summed E-state index contributed by atoms with van der Waals surface area (Å²) < 4.78 is 0. The first-order valence-corrected chi connectivity index (χ1v) is 6.74. The topological polar surface area (TPSA) is 24.9 Å². The number of thiazole rings is 1. The van der Waals surface area contributed by atoms with Crippen molar-refractivity contribution in [2.75, 3.05) is 6.54 Å². The SMILES string of the molecule is C#CCCCC(NCCC)c1csc(C)n1. The predicted molar refractivity (Wildman–Crippen MR) is 70.6 cm³/mol. The van der Waals surface area contributed by atoms with E-state index in [1.807, 2.05) is 6.92 Å². The Morgan fingerprint density at radius 3 is 3.00 bits per heavy atom. The van der Waals surface area contributed by atoms with E-state index in [2.05, 4.69) is 28.5 Å². The molecular formula is C13H20N2S. The van der Waals surface area contributed by atoms with Crippen molar-refractivity contribution < 1.29 is 0 Å². The van der Waals surface area contributed by atoms with E-state index in [4.69, 9.17) is 6.42 Å². The highest BCUT2D eigenvalue weighted by molar-refractivity contribution is 7.09. The van der Waals surface area contributed by atoms with Gasteiger partial charge in [-0.05, 0) is 32.7 Å². The number of unbranched alkanes of at least 4 members (excludes halogenated alkanes) is 1. The van der Waals surface area contributed by atoms with Crippen LogP contribution in [0.1, 0.15) is 49.4 Å². The highest BCUT2D eigenvalue weighted by Gasteiger charge is 2.12. The molecule has 16 heavy (non-hydrogen) atoms. The van der Waals surface area contributed by atoms with Crippen LogP contribution in [-0.2, 0) is 0 Å². The van der Waals surface area contributed by atoms with Crippen LogP contribution >= 0.6 is 11.3 Å². The molecule has 0 spiro atoms. The highest BCUT2D eigenvalue weighted by atomic mass is 32.1. The smallest absolute Gasteiger partial charge is 0.0898 e. The fraction of sp³-hybridized carbons (Fsp3) is 0.615. The summed E-state index contributed by atoms with van der Waals surface area (Å²) in [5.74, 6) is 2.69. The zero-order chi connectivity index (χ0) is 11.8. The molecule has 1 heterocycles. The molecular weight excluding hydrogens is 216 g/mol. The van der Waals surface area contributed by atoms with Crippen LogP contribution in [-0.4, -0.2) is 11.5 Å². The third kappa shape index (κ3) is 4.34. The molecule has 0 aromatic carbocycles. The highest BCUT2D eigenvalue weighted by Crippen LogP contribution is 2.21. The van der Waals surface area contributed by atoms with E-state index in [9.17, 15) is 0 Å². The van der Waals surface area contributed by atoms with Crippen molar-refractivity contribution in [1.82, 2.24) is 10.3 Å². The van der Waals surface area contributed by atoms with E-state index in [1.54, 1.807) is 11.3 Å². The van der Waals surface area contributed by atoms with Gasteiger partial charge < -0.3 is 5.32 Å². The summed E-state index contributed by atoms with van der Waals surface area (Å²) in [6.07, 6.45) is 9.42. The third-order valence-electron chi connectivity index (χ3n) is 2.45. The van der Waals surface area contributed by atoms with E-state index in [-0.39, 0.29) is 0 Å². The third-order valence-corrected chi connectivity index (χ3v) is 3.24. The van der Waals surface area contributed by atoms with Crippen molar-refractivity contribution in [2.45, 2.75) is 45.6 Å². The van der Waals surface area contributed by atoms with E-state index in [0.717, 1.165) is 37.2 Å². The first-order valence-electron chi connectivity index (χ1n) is 5.86. The standard InChI is InChI=1S/C13H20N2S/c1-4-6-7-8-12(14-9-5-2)13-10-16-11(3)15-13/h1,10,12,14H,5-9H2,2-3H3. The molecule has 0 bridgehead atoms. The maximum atomic E-state index is 5.27. The zero-order valence-corrected chi connectivity index (χ0v) is 10.9. The summed E-state index contributed by atoms with van der Waals surface area (Å²) in [4.78, 5) is 4.55. The molecule has 0 aliphatic heterocycles. The van der Waals surface area contributed by atoms with Crippen LogP contribution in [0.15, 0.2) is 5.38 Å². The molecule has 0 radical (unpaired) electrons. The molecule has 1 unspecified atom stereocenters. The van der Waals surface area contributed by atoms with Crippen LogP contribution in [0.3, 0.4) is 0 Å². The van der Waals surface area contributed by atoms with Gasteiger partial charge in [-0.15, -0.1) is 23.7 Å². The van der Waals surface area contributed by atoms with Gasteiger partial charge in [0.2, 0.25) is 0 Å². The van der Waals surface area contributed by atoms with Gasteiger partial charge in [0, 0.05) is 11.8 Å². The Morgan fingerprint density at radius 2 is 2.44 bits per heavy atom. The summed E-state index contributed by atoms with van der Waals surface area (Å²) in [5.41, 5.74) is 1.17. The van der Waals surface area contributed by atoms with E-state index >= 15 is 0 Å². The molecule has 0 saturated heterocycles. The average molecular weight is 236 g/mol. The number of hydrogen-bond acceptors (Lipinski definition) is 3. The minimum absolute atomic E-state index is 0.373. The lowest BCUT2D eigenvalue weighted by Crippen LogP contribution is -2.22. The molecule has 2 nitrogen and oxygen atoms in total. The van der Waals surface area contributed by atoms with E-state index < -0.39 is 0 Å². The first-order chi connectivity index (χ1) is 7.77. The fourth-order valence-electron chi connectivity index (χ4n) is 1.62. The fourth-order valence-corrected chi connectivity index (χ4v) is 2.29. The molecule has 3 heteroatoms. The van der Waals surface area contributed by atoms with Gasteiger partial charge in [-0.2, -0.15) is 0 Å². The van der Waals surface area contributed by atoms with Crippen molar-refractivity contribution in [3.63, 3.8) is 0 Å². The predicted octanol–water partition coefficient (Wildman–Crippen LogP) is 3.30. The number of rotatable bonds is 7. The number of aryl methyl sites for hydroxylation is 1. The minimum atomic E-state index is 0.373. The molecule has 0 aliphatic rings. The van der Waals surface area contributed by atoms with Crippen LogP contribution in [0.2, 0.25) is 0 Å². The summed E-state index contributed by atoms with van der Waals surface area (Å²) in [6.45, 7) is 5.27. The van der Waals surface area contributed by atoms with Gasteiger partial charge in [0.05, 0.1) is 16.7 Å². The van der Waals surface area contributed by atoms with Gasteiger partial charge >= 0.3 is 0 Å². The van der Waals surface area contributed by atoms with E-state index in [1.165, 1.54) is 5.69 Å². The Balaban J connectivity index is 2.53. The number of nitrogens with one attached hydrogen (secondary N) is 1. The van der Waals surface area contributed by atoms with Crippen LogP contribution in [0.25, 0.3) is 0 Å². The molecule has 88 valence electrons. The molecule has 0 fully saturated rings. The number of nitrogens with zero attached hydrogens (tertiary/aromatic N) is 1. The van der Waals surface area contributed by atoms with E-state index in [0.29, 0.717) is 6.04 Å². The number of hydrogen-bond donors (Lipinski definition) is 1. The largest absolute Gasteiger partial charge is 0.309 e. The van der Waals surface area contributed by atoms with Crippen LogP contribution in [0.5, 0.6) is 0 Å². The van der Waals surface area contributed by atoms with Crippen molar-refractivity contribution in [2.24, 2.45) is 0 Å². The van der Waals surface area contributed by atoms with Crippen LogP contribution in [0.4, 0.5) is 0 Å². The minimum Gasteiger partial charge on any atom is -0.309 e. The molecule has 1 aromatic rings. The molecule has 1 N–H and O–H groups in total. The molecule has 0 saturated carbocycles. The maximum Gasteiger partial charge on any atom is 0.0898 e. The van der Waals surface area contributed by atoms with Crippen molar-refractivity contribution in [3.8, 4) is 12.3 Å². The summed E-state index contributed by atoms with van der Waals surface area (Å²) >= 11 is 1.71. The Morgan fingerprint density at radius 1 is 1.62 bits per heavy atom. The van der Waals surface area contributed by atoms with Gasteiger partial charge in [0.25, 0.3) is 0 Å². The second-order valence-electron chi connectivity index (χ2n) is 3.89. The van der Waals surface area contributed by atoms with Crippen molar-refractivity contribution in [3.05, 3.63) is 16.1 Å². The Kier molecular flexibility index (Phi) is 6.14. The van der Waals surface area contributed by atoms with Gasteiger partial charge in [0.1, 0.15) is 0 Å². The lowest BCUT2D eigenvalue weighted by molar-refractivity contribution is 0.479. The van der Waals surface area contributed by atoms with Crippen molar-refractivity contribution in [1.29, 1.82) is 0 Å². The number of terminal acetylenes is 1. The average Bonchev–Trinajstić information content (AvgIpc) is 2.70. The second kappa shape index (κ2) is 7.43. The quantitative estimate of drug-likeness (QED) is 0.580. The van der Waals surface area contributed by atoms with Crippen LogP contribution in [0, 0.1) is 19.3 Å². The Hall–Kier alpha value is -0.850. The molecule has 0 aliphatic carbocycles. The summed E-state index contributed by atoms with van der Waals surface area (Å²) in [5, 5.41) is 6.82. The van der Waals surface area contributed by atoms with Gasteiger partial charge in [-0.1, -0.05) is 6.92 Å². The summed E-state index contributed by atoms with van der Waals surface area (Å²) in [6, 6.07) is 0.373. The van der Waals surface area contributed by atoms with Crippen LogP contribution < -0.4 is 5.32 Å². The molecule has 0 amide bonds. The lowest BCUT2D eigenvalue weighted by atomic mass is 10.1. The summed E-state index contributed by atoms with van der Waals surface area (Å²) in [7, 11) is 0. The molecule has 1 atom stereocenters. The number of aromatic nitrogens is 1. The lowest BCUT2D eigenvalue weighted by Gasteiger charge is -2.15. The Bertz CT molecular complexity index is 338. The molecule has 1 aromatic heterocycles. The van der Waals surface area contributed by atoms with Gasteiger partial charge in [0.15, 0.2) is 0 Å².